The number of amides is 3. The van der Waals surface area contributed by atoms with Crippen molar-refractivity contribution in [3.05, 3.63) is 53.9 Å². The number of nitrogens with one attached hydrogen (secondary N) is 2. The number of hydrogen-bond acceptors (Lipinski definition) is 4. The molecule has 2 aromatic rings. The summed E-state index contributed by atoms with van der Waals surface area (Å²) in [5, 5.41) is 9.78. The van der Waals surface area contributed by atoms with Crippen LogP contribution < -0.4 is 10.6 Å². The van der Waals surface area contributed by atoms with Gasteiger partial charge >= 0.3 is 0 Å². The Labute approximate surface area is 176 Å². The number of rotatable bonds is 5. The Morgan fingerprint density at radius 3 is 2.70 bits per heavy atom. The lowest BCUT2D eigenvalue weighted by atomic mass is 10.00. The fourth-order valence-corrected chi connectivity index (χ4v) is 3.60. The summed E-state index contributed by atoms with van der Waals surface area (Å²) in [6, 6.07) is 10.8. The van der Waals surface area contributed by atoms with Crippen LogP contribution in [0.4, 0.5) is 0 Å². The van der Waals surface area contributed by atoms with Gasteiger partial charge in [-0.3, -0.25) is 19.1 Å². The van der Waals surface area contributed by atoms with Crippen molar-refractivity contribution in [3.8, 4) is 0 Å². The molecule has 0 spiro atoms. The molecule has 2 N–H and O–H groups in total. The van der Waals surface area contributed by atoms with E-state index in [4.69, 9.17) is 0 Å². The van der Waals surface area contributed by atoms with Gasteiger partial charge in [0.05, 0.1) is 19.0 Å². The van der Waals surface area contributed by atoms with Crippen LogP contribution in [0.1, 0.15) is 54.7 Å². The minimum Gasteiger partial charge on any atom is -0.356 e. The Kier molecular flexibility index (Phi) is 7.59. The van der Waals surface area contributed by atoms with Gasteiger partial charge in [-0.25, -0.2) is 0 Å². The highest BCUT2D eigenvalue weighted by Gasteiger charge is 2.28. The van der Waals surface area contributed by atoms with Gasteiger partial charge in [0.25, 0.3) is 5.91 Å². The van der Waals surface area contributed by atoms with Gasteiger partial charge in [-0.05, 0) is 37.8 Å². The normalized spacial score (nSPS) is 17.8. The van der Waals surface area contributed by atoms with Crippen molar-refractivity contribution >= 4 is 17.7 Å². The summed E-state index contributed by atoms with van der Waals surface area (Å²) in [5.41, 5.74) is 1.19. The molecule has 1 unspecified atom stereocenters. The van der Waals surface area contributed by atoms with Gasteiger partial charge in [0.15, 0.2) is 0 Å². The van der Waals surface area contributed by atoms with Gasteiger partial charge < -0.3 is 15.5 Å². The highest BCUT2D eigenvalue weighted by molar-refractivity contribution is 5.94. The first-order chi connectivity index (χ1) is 14.6. The van der Waals surface area contributed by atoms with Crippen LogP contribution in [0.3, 0.4) is 0 Å². The molecule has 0 bridgehead atoms. The van der Waals surface area contributed by atoms with Crippen LogP contribution in [-0.4, -0.2) is 52.0 Å². The maximum atomic E-state index is 13.1. The summed E-state index contributed by atoms with van der Waals surface area (Å²) in [7, 11) is 0. The van der Waals surface area contributed by atoms with Crippen molar-refractivity contribution in [2.75, 3.05) is 19.6 Å². The summed E-state index contributed by atoms with van der Waals surface area (Å²) in [4.78, 5) is 39.6. The second-order valence-electron chi connectivity index (χ2n) is 7.37. The monoisotopic (exact) mass is 411 g/mol. The van der Waals surface area contributed by atoms with Crippen LogP contribution in [0.5, 0.6) is 0 Å². The van der Waals surface area contributed by atoms with E-state index in [9.17, 15) is 14.4 Å². The van der Waals surface area contributed by atoms with E-state index < -0.39 is 0 Å². The number of benzene rings is 1. The quantitative estimate of drug-likeness (QED) is 0.785. The van der Waals surface area contributed by atoms with Crippen LogP contribution in [0.2, 0.25) is 0 Å². The highest BCUT2D eigenvalue weighted by Crippen LogP contribution is 2.25. The molecule has 1 saturated heterocycles. The molecule has 2 heterocycles. The van der Waals surface area contributed by atoms with Gasteiger partial charge in [-0.15, -0.1) is 0 Å². The van der Waals surface area contributed by atoms with E-state index in [2.05, 4.69) is 15.7 Å². The maximum Gasteiger partial charge on any atom is 0.272 e. The van der Waals surface area contributed by atoms with E-state index in [1.807, 2.05) is 37.3 Å². The third-order valence-electron chi connectivity index (χ3n) is 5.26. The number of aromatic nitrogens is 2. The van der Waals surface area contributed by atoms with Crippen LogP contribution in [0, 0.1) is 0 Å². The predicted octanol–water partition coefficient (Wildman–Crippen LogP) is 1.89. The zero-order valence-electron chi connectivity index (χ0n) is 17.3. The van der Waals surface area contributed by atoms with E-state index >= 15 is 0 Å². The molecule has 1 atom stereocenters. The molecule has 1 aliphatic rings. The average molecular weight is 412 g/mol. The lowest BCUT2D eigenvalue weighted by Gasteiger charge is -2.33. The molecule has 0 aliphatic carbocycles. The van der Waals surface area contributed by atoms with Crippen molar-refractivity contribution < 1.29 is 14.4 Å². The summed E-state index contributed by atoms with van der Waals surface area (Å²) in [5.74, 6) is -0.663. The van der Waals surface area contributed by atoms with Gasteiger partial charge in [0, 0.05) is 25.8 Å². The zero-order valence-corrected chi connectivity index (χ0v) is 17.3. The predicted molar refractivity (Wildman–Crippen MR) is 113 cm³/mol. The number of carbonyl (C=O) groups excluding carboxylic acids is 3. The highest BCUT2D eigenvalue weighted by atomic mass is 16.2. The first-order valence-electron chi connectivity index (χ1n) is 10.5. The second-order valence-corrected chi connectivity index (χ2v) is 7.37. The largest absolute Gasteiger partial charge is 0.356 e. The topological polar surface area (TPSA) is 96.3 Å². The molecule has 1 aromatic heterocycles. The molecule has 30 heavy (non-hydrogen) atoms. The van der Waals surface area contributed by atoms with Crippen LogP contribution in [-0.2, 0) is 16.1 Å². The van der Waals surface area contributed by atoms with Gasteiger partial charge in [0.1, 0.15) is 5.69 Å². The Bertz CT molecular complexity index is 865. The minimum atomic E-state index is -0.384. The third kappa shape index (κ3) is 5.68. The lowest BCUT2D eigenvalue weighted by molar-refractivity contribution is -0.134. The molecule has 8 heteroatoms. The molecular formula is C22H29N5O3. The summed E-state index contributed by atoms with van der Waals surface area (Å²) in [6.07, 6.45) is 4.59. The third-order valence-corrected chi connectivity index (χ3v) is 5.26. The standard InChI is InChI=1S/C22H29N5O3/c1-2-26-14-11-18(25-26)22(30)24-16-21(29)27-13-8-4-7-12-23-20(28)15-19(27)17-9-5-3-6-10-17/h3,5-6,9-11,14,19H,2,4,7-8,12-13,15-16H2,1H3,(H,23,28)(H,24,30). The molecule has 8 nitrogen and oxygen atoms in total. The fraction of sp³-hybridized carbons (Fsp3) is 0.455. The first kappa shape index (κ1) is 21.5. The molecule has 1 aromatic carbocycles. The fourth-order valence-electron chi connectivity index (χ4n) is 3.60. The Morgan fingerprint density at radius 2 is 1.97 bits per heavy atom. The first-order valence-corrected chi connectivity index (χ1v) is 10.5. The average Bonchev–Trinajstić information content (AvgIpc) is 3.26. The van der Waals surface area contributed by atoms with E-state index in [0.29, 0.717) is 19.6 Å². The van der Waals surface area contributed by atoms with Crippen molar-refractivity contribution in [2.45, 2.75) is 45.2 Å². The number of carbonyl (C=O) groups is 3. The van der Waals surface area contributed by atoms with E-state index in [1.54, 1.807) is 21.8 Å². The van der Waals surface area contributed by atoms with Crippen molar-refractivity contribution in [1.82, 2.24) is 25.3 Å². The molecule has 1 fully saturated rings. The number of aryl methyl sites for hydroxylation is 1. The SMILES string of the molecule is CCn1ccc(C(=O)NCC(=O)N2CCCCCNC(=O)CC2c2ccccc2)n1. The van der Waals surface area contributed by atoms with Crippen LogP contribution in [0.25, 0.3) is 0 Å². The summed E-state index contributed by atoms with van der Waals surface area (Å²) < 4.78 is 1.66. The van der Waals surface area contributed by atoms with Crippen LogP contribution in [0.15, 0.2) is 42.6 Å². The molecule has 3 rings (SSSR count). The molecule has 160 valence electrons. The lowest BCUT2D eigenvalue weighted by Crippen LogP contribution is -2.44. The van der Waals surface area contributed by atoms with Crippen molar-refractivity contribution in [1.29, 1.82) is 0 Å². The molecule has 3 amide bonds. The second kappa shape index (κ2) is 10.6. The molecule has 0 radical (unpaired) electrons. The summed E-state index contributed by atoms with van der Waals surface area (Å²) in [6.45, 7) is 3.68. The number of nitrogens with zero attached hydrogens (tertiary/aromatic N) is 3. The van der Waals surface area contributed by atoms with Crippen molar-refractivity contribution in [2.24, 2.45) is 0 Å². The number of hydrogen-bond donors (Lipinski definition) is 2. The summed E-state index contributed by atoms with van der Waals surface area (Å²) >= 11 is 0. The Morgan fingerprint density at radius 1 is 1.17 bits per heavy atom. The minimum absolute atomic E-state index is 0.0716. The van der Waals surface area contributed by atoms with Gasteiger partial charge in [0.2, 0.25) is 11.8 Å². The van der Waals surface area contributed by atoms with Gasteiger partial charge in [-0.1, -0.05) is 30.3 Å². The van der Waals surface area contributed by atoms with Crippen LogP contribution >= 0.6 is 0 Å². The van der Waals surface area contributed by atoms with Gasteiger partial charge in [-0.2, -0.15) is 5.10 Å². The molecule has 0 saturated carbocycles. The van der Waals surface area contributed by atoms with E-state index in [0.717, 1.165) is 24.8 Å². The smallest absolute Gasteiger partial charge is 0.272 e. The van der Waals surface area contributed by atoms with Crippen molar-refractivity contribution in [3.63, 3.8) is 0 Å². The zero-order chi connectivity index (χ0) is 21.3. The molecular weight excluding hydrogens is 382 g/mol. The maximum absolute atomic E-state index is 13.1. The Balaban J connectivity index is 1.73. The van der Waals surface area contributed by atoms with E-state index in [1.165, 1.54) is 0 Å². The van der Waals surface area contributed by atoms with E-state index in [-0.39, 0.29) is 42.4 Å². The molecule has 1 aliphatic heterocycles. The Hall–Kier alpha value is -3.16.